The van der Waals surface area contributed by atoms with E-state index in [-0.39, 0.29) is 5.91 Å². The minimum Gasteiger partial charge on any atom is -0.299 e. The lowest BCUT2D eigenvalue weighted by molar-refractivity contribution is -0.121. The van der Waals surface area contributed by atoms with Gasteiger partial charge in [-0.3, -0.25) is 15.1 Å². The number of rotatable bonds is 5. The van der Waals surface area contributed by atoms with Crippen molar-refractivity contribution in [1.82, 2.24) is 10.3 Å². The first-order valence-corrected chi connectivity index (χ1v) is 7.03. The van der Waals surface area contributed by atoms with Crippen molar-refractivity contribution in [2.75, 3.05) is 13.1 Å². The summed E-state index contributed by atoms with van der Waals surface area (Å²) in [6.45, 7) is 3.30. The summed E-state index contributed by atoms with van der Waals surface area (Å²) >= 11 is 0. The van der Waals surface area contributed by atoms with E-state index < -0.39 is 0 Å². The molecule has 0 spiro atoms. The third kappa shape index (κ3) is 4.65. The van der Waals surface area contributed by atoms with E-state index in [1.54, 1.807) is 0 Å². The van der Waals surface area contributed by atoms with Crippen molar-refractivity contribution >= 4 is 5.91 Å². The molecule has 1 heterocycles. The summed E-state index contributed by atoms with van der Waals surface area (Å²) in [6, 6.07) is 10.6. The van der Waals surface area contributed by atoms with E-state index in [9.17, 15) is 4.79 Å². The van der Waals surface area contributed by atoms with Crippen LogP contribution < -0.4 is 11.3 Å². The number of carbonyl (C=O) groups is 1. The van der Waals surface area contributed by atoms with Gasteiger partial charge in [0.05, 0.1) is 0 Å². The van der Waals surface area contributed by atoms with Gasteiger partial charge in [-0.2, -0.15) is 0 Å². The van der Waals surface area contributed by atoms with E-state index in [1.807, 2.05) is 0 Å². The standard InChI is InChI=1S/C15H23N3O/c16-17-15(19)7-6-13-8-10-18(11-9-13)12-14-4-2-1-3-5-14/h1-5,13H,6-12,16H2,(H,17,19). The zero-order chi connectivity index (χ0) is 13.5. The second kappa shape index (κ2) is 7.26. The molecule has 104 valence electrons. The molecular weight excluding hydrogens is 238 g/mol. The van der Waals surface area contributed by atoms with Crippen molar-refractivity contribution in [2.45, 2.75) is 32.2 Å². The average molecular weight is 261 g/mol. The molecule has 0 atom stereocenters. The number of likely N-dealkylation sites (tertiary alicyclic amines) is 1. The first-order chi connectivity index (χ1) is 9.28. The minimum absolute atomic E-state index is 0.0493. The average Bonchev–Trinajstić information content (AvgIpc) is 2.47. The number of carbonyl (C=O) groups excluding carboxylic acids is 1. The Morgan fingerprint density at radius 3 is 2.58 bits per heavy atom. The van der Waals surface area contributed by atoms with Crippen LogP contribution >= 0.6 is 0 Å². The van der Waals surface area contributed by atoms with Crippen LogP contribution in [0.4, 0.5) is 0 Å². The second-order valence-electron chi connectivity index (χ2n) is 5.31. The molecule has 0 aromatic heterocycles. The van der Waals surface area contributed by atoms with Crippen LogP contribution in [0, 0.1) is 5.92 Å². The van der Waals surface area contributed by atoms with Crippen molar-refractivity contribution in [1.29, 1.82) is 0 Å². The molecule has 1 saturated heterocycles. The highest BCUT2D eigenvalue weighted by atomic mass is 16.2. The molecule has 0 unspecified atom stereocenters. The van der Waals surface area contributed by atoms with Gasteiger partial charge in [-0.25, -0.2) is 5.84 Å². The van der Waals surface area contributed by atoms with Gasteiger partial charge in [0.2, 0.25) is 5.91 Å². The number of nitrogens with one attached hydrogen (secondary N) is 1. The maximum absolute atomic E-state index is 11.1. The van der Waals surface area contributed by atoms with E-state index >= 15 is 0 Å². The normalized spacial score (nSPS) is 17.3. The molecule has 19 heavy (non-hydrogen) atoms. The van der Waals surface area contributed by atoms with Gasteiger partial charge in [-0.1, -0.05) is 30.3 Å². The van der Waals surface area contributed by atoms with Gasteiger partial charge < -0.3 is 0 Å². The molecule has 0 radical (unpaired) electrons. The van der Waals surface area contributed by atoms with Gasteiger partial charge in [0, 0.05) is 13.0 Å². The Morgan fingerprint density at radius 1 is 1.26 bits per heavy atom. The Morgan fingerprint density at radius 2 is 1.95 bits per heavy atom. The summed E-state index contributed by atoms with van der Waals surface area (Å²) in [5.41, 5.74) is 3.57. The lowest BCUT2D eigenvalue weighted by atomic mass is 9.92. The van der Waals surface area contributed by atoms with Crippen molar-refractivity contribution in [3.05, 3.63) is 35.9 Å². The van der Waals surface area contributed by atoms with Crippen LogP contribution in [-0.2, 0) is 11.3 Å². The Bertz CT molecular complexity index is 386. The predicted molar refractivity (Wildman–Crippen MR) is 76.0 cm³/mol. The Hall–Kier alpha value is -1.39. The third-order valence-corrected chi connectivity index (χ3v) is 3.90. The third-order valence-electron chi connectivity index (χ3n) is 3.90. The van der Waals surface area contributed by atoms with Crippen LogP contribution in [0.1, 0.15) is 31.2 Å². The second-order valence-corrected chi connectivity index (χ2v) is 5.31. The summed E-state index contributed by atoms with van der Waals surface area (Å²) in [5, 5.41) is 0. The zero-order valence-corrected chi connectivity index (χ0v) is 11.3. The summed E-state index contributed by atoms with van der Waals surface area (Å²) in [6.07, 6.45) is 3.89. The minimum atomic E-state index is -0.0493. The van der Waals surface area contributed by atoms with Crippen LogP contribution in [-0.4, -0.2) is 23.9 Å². The number of hydrogen-bond acceptors (Lipinski definition) is 3. The Labute approximate surface area is 114 Å². The van der Waals surface area contributed by atoms with Gasteiger partial charge >= 0.3 is 0 Å². The highest BCUT2D eigenvalue weighted by Crippen LogP contribution is 2.22. The Balaban J connectivity index is 1.69. The Kier molecular flexibility index (Phi) is 5.36. The van der Waals surface area contributed by atoms with Gasteiger partial charge in [0.15, 0.2) is 0 Å². The van der Waals surface area contributed by atoms with Crippen LogP contribution in [0.5, 0.6) is 0 Å². The fraction of sp³-hybridized carbons (Fsp3) is 0.533. The molecule has 0 saturated carbocycles. The molecule has 1 fully saturated rings. The lowest BCUT2D eigenvalue weighted by Crippen LogP contribution is -2.34. The van der Waals surface area contributed by atoms with Gasteiger partial charge in [0.1, 0.15) is 0 Å². The lowest BCUT2D eigenvalue weighted by Gasteiger charge is -2.31. The van der Waals surface area contributed by atoms with Gasteiger partial charge in [-0.05, 0) is 43.8 Å². The zero-order valence-electron chi connectivity index (χ0n) is 11.3. The molecule has 1 aromatic carbocycles. The molecule has 1 amide bonds. The quantitative estimate of drug-likeness (QED) is 0.481. The van der Waals surface area contributed by atoms with E-state index in [1.165, 1.54) is 18.4 Å². The molecule has 0 aliphatic carbocycles. The number of benzene rings is 1. The SMILES string of the molecule is NNC(=O)CCC1CCN(Cc2ccccc2)CC1. The number of hydrogen-bond donors (Lipinski definition) is 2. The number of nitrogens with zero attached hydrogens (tertiary/aromatic N) is 1. The highest BCUT2D eigenvalue weighted by Gasteiger charge is 2.19. The van der Waals surface area contributed by atoms with E-state index in [4.69, 9.17) is 5.84 Å². The van der Waals surface area contributed by atoms with Crippen LogP contribution in [0.25, 0.3) is 0 Å². The number of hydrazine groups is 1. The molecule has 1 aliphatic heterocycles. The number of nitrogens with two attached hydrogens (primary N) is 1. The first kappa shape index (κ1) is 14.0. The van der Waals surface area contributed by atoms with Crippen molar-refractivity contribution in [3.63, 3.8) is 0 Å². The fourth-order valence-electron chi connectivity index (χ4n) is 2.68. The molecule has 0 bridgehead atoms. The van der Waals surface area contributed by atoms with Gasteiger partial charge in [-0.15, -0.1) is 0 Å². The van der Waals surface area contributed by atoms with Crippen LogP contribution in [0.15, 0.2) is 30.3 Å². The largest absolute Gasteiger partial charge is 0.299 e. The maximum atomic E-state index is 11.1. The van der Waals surface area contributed by atoms with Crippen LogP contribution in [0.3, 0.4) is 0 Å². The summed E-state index contributed by atoms with van der Waals surface area (Å²) in [7, 11) is 0. The smallest absolute Gasteiger partial charge is 0.233 e. The van der Waals surface area contributed by atoms with Crippen molar-refractivity contribution in [3.8, 4) is 0 Å². The first-order valence-electron chi connectivity index (χ1n) is 7.03. The summed E-state index contributed by atoms with van der Waals surface area (Å²) in [5.74, 6) is 5.71. The summed E-state index contributed by atoms with van der Waals surface area (Å²) in [4.78, 5) is 13.6. The molecule has 3 N–H and O–H groups in total. The molecular formula is C15H23N3O. The van der Waals surface area contributed by atoms with Crippen molar-refractivity contribution < 1.29 is 4.79 Å². The monoisotopic (exact) mass is 261 g/mol. The molecule has 1 aromatic rings. The topological polar surface area (TPSA) is 58.4 Å². The predicted octanol–water partition coefficient (Wildman–Crippen LogP) is 1.67. The summed E-state index contributed by atoms with van der Waals surface area (Å²) < 4.78 is 0. The molecule has 2 rings (SSSR count). The highest BCUT2D eigenvalue weighted by molar-refractivity contribution is 5.75. The fourth-order valence-corrected chi connectivity index (χ4v) is 2.68. The molecule has 4 nitrogen and oxygen atoms in total. The van der Waals surface area contributed by atoms with Gasteiger partial charge in [0.25, 0.3) is 0 Å². The molecule has 1 aliphatic rings. The van der Waals surface area contributed by atoms with Crippen LogP contribution in [0.2, 0.25) is 0 Å². The van der Waals surface area contributed by atoms with E-state index in [0.717, 1.165) is 26.1 Å². The number of amides is 1. The van der Waals surface area contributed by atoms with Crippen molar-refractivity contribution in [2.24, 2.45) is 11.8 Å². The molecule has 4 heteroatoms. The van der Waals surface area contributed by atoms with E-state index in [0.29, 0.717) is 12.3 Å². The maximum Gasteiger partial charge on any atom is 0.233 e. The van der Waals surface area contributed by atoms with E-state index in [2.05, 4.69) is 40.7 Å². The number of piperidine rings is 1.